The molecule has 2 nitrogen and oxygen atoms in total. The van der Waals surface area contributed by atoms with Crippen molar-refractivity contribution >= 4 is 11.6 Å². The van der Waals surface area contributed by atoms with Gasteiger partial charge in [-0.05, 0) is 36.5 Å². The molecule has 0 saturated carbocycles. The molecule has 2 atom stereocenters. The molecular formula is C15H24ClNO. The highest BCUT2D eigenvalue weighted by atomic mass is 35.5. The van der Waals surface area contributed by atoms with Crippen molar-refractivity contribution in [1.29, 1.82) is 0 Å². The van der Waals surface area contributed by atoms with E-state index in [9.17, 15) is 5.11 Å². The maximum Gasteiger partial charge on any atom is 0.0589 e. The quantitative estimate of drug-likeness (QED) is 0.860. The highest BCUT2D eigenvalue weighted by Crippen LogP contribution is 2.20. The molecule has 102 valence electrons. The van der Waals surface area contributed by atoms with Crippen LogP contribution in [0.2, 0.25) is 5.02 Å². The molecule has 1 aromatic rings. The minimum Gasteiger partial charge on any atom is -0.395 e. The SMILES string of the molecule is C[C@@H](Cc1ccc(Cl)cc1)N[C@H](CO)C(C)(C)C. The lowest BCUT2D eigenvalue weighted by Gasteiger charge is -2.32. The number of nitrogens with one attached hydrogen (secondary N) is 1. The van der Waals surface area contributed by atoms with E-state index in [0.29, 0.717) is 6.04 Å². The summed E-state index contributed by atoms with van der Waals surface area (Å²) in [5.41, 5.74) is 1.31. The molecule has 0 amide bonds. The van der Waals surface area contributed by atoms with Gasteiger partial charge in [-0.1, -0.05) is 44.5 Å². The Hall–Kier alpha value is -0.570. The largest absolute Gasteiger partial charge is 0.395 e. The summed E-state index contributed by atoms with van der Waals surface area (Å²) in [4.78, 5) is 0. The Labute approximate surface area is 115 Å². The smallest absolute Gasteiger partial charge is 0.0589 e. The van der Waals surface area contributed by atoms with Crippen molar-refractivity contribution in [2.45, 2.75) is 46.2 Å². The third kappa shape index (κ3) is 4.97. The van der Waals surface area contributed by atoms with Gasteiger partial charge in [-0.2, -0.15) is 0 Å². The summed E-state index contributed by atoms with van der Waals surface area (Å²) in [6.07, 6.45) is 0.934. The molecule has 0 spiro atoms. The van der Waals surface area contributed by atoms with Crippen molar-refractivity contribution < 1.29 is 5.11 Å². The zero-order valence-electron chi connectivity index (χ0n) is 11.7. The average molecular weight is 270 g/mol. The standard InChI is InChI=1S/C15H24ClNO/c1-11(17-14(10-18)15(2,3)4)9-12-5-7-13(16)8-6-12/h5-8,11,14,17-18H,9-10H2,1-4H3/t11-,14+/m0/s1. The first-order chi connectivity index (χ1) is 8.32. The summed E-state index contributed by atoms with van der Waals surface area (Å²) >= 11 is 5.87. The third-order valence-corrected chi connectivity index (χ3v) is 3.42. The maximum atomic E-state index is 9.43. The molecule has 0 unspecified atom stereocenters. The van der Waals surface area contributed by atoms with Crippen LogP contribution in [0.3, 0.4) is 0 Å². The van der Waals surface area contributed by atoms with Crippen molar-refractivity contribution in [1.82, 2.24) is 5.32 Å². The Balaban J connectivity index is 2.55. The number of rotatable bonds is 5. The highest BCUT2D eigenvalue weighted by Gasteiger charge is 2.24. The van der Waals surface area contributed by atoms with Gasteiger partial charge in [0.1, 0.15) is 0 Å². The van der Waals surface area contributed by atoms with E-state index < -0.39 is 0 Å². The topological polar surface area (TPSA) is 32.3 Å². The van der Waals surface area contributed by atoms with E-state index in [2.05, 4.69) is 33.0 Å². The molecule has 0 radical (unpaired) electrons. The van der Waals surface area contributed by atoms with E-state index in [1.165, 1.54) is 5.56 Å². The van der Waals surface area contributed by atoms with E-state index in [-0.39, 0.29) is 18.1 Å². The van der Waals surface area contributed by atoms with E-state index in [1.807, 2.05) is 24.3 Å². The minimum absolute atomic E-state index is 0.0585. The Bertz CT molecular complexity index is 356. The Kier molecular flexibility index (Phi) is 5.64. The fourth-order valence-corrected chi connectivity index (χ4v) is 2.08. The molecule has 0 fully saturated rings. The van der Waals surface area contributed by atoms with E-state index in [4.69, 9.17) is 11.6 Å². The van der Waals surface area contributed by atoms with Gasteiger partial charge < -0.3 is 10.4 Å². The zero-order chi connectivity index (χ0) is 13.8. The van der Waals surface area contributed by atoms with Crippen LogP contribution in [0.5, 0.6) is 0 Å². The summed E-state index contributed by atoms with van der Waals surface area (Å²) in [6.45, 7) is 8.71. The molecule has 0 aliphatic rings. The molecule has 0 saturated heterocycles. The maximum absolute atomic E-state index is 9.43. The molecule has 1 rings (SSSR count). The van der Waals surface area contributed by atoms with Gasteiger partial charge in [0.25, 0.3) is 0 Å². The number of aliphatic hydroxyl groups excluding tert-OH is 1. The first-order valence-electron chi connectivity index (χ1n) is 6.44. The van der Waals surface area contributed by atoms with Gasteiger partial charge >= 0.3 is 0 Å². The van der Waals surface area contributed by atoms with Crippen LogP contribution in [-0.2, 0) is 6.42 Å². The van der Waals surface area contributed by atoms with Crippen LogP contribution in [0.1, 0.15) is 33.3 Å². The summed E-state index contributed by atoms with van der Waals surface area (Å²) in [7, 11) is 0. The number of aliphatic hydroxyl groups is 1. The molecule has 0 bridgehead atoms. The van der Waals surface area contributed by atoms with Crippen LogP contribution in [0, 0.1) is 5.41 Å². The molecule has 0 aliphatic heterocycles. The Morgan fingerprint density at radius 3 is 2.22 bits per heavy atom. The monoisotopic (exact) mass is 269 g/mol. The van der Waals surface area contributed by atoms with Crippen LogP contribution in [0.25, 0.3) is 0 Å². The molecule has 0 heterocycles. The first kappa shape index (κ1) is 15.5. The van der Waals surface area contributed by atoms with Gasteiger partial charge in [-0.25, -0.2) is 0 Å². The van der Waals surface area contributed by atoms with Crippen LogP contribution in [-0.4, -0.2) is 23.8 Å². The zero-order valence-corrected chi connectivity index (χ0v) is 12.5. The Morgan fingerprint density at radius 1 is 1.22 bits per heavy atom. The molecule has 2 N–H and O–H groups in total. The molecule has 0 aromatic heterocycles. The second-order valence-electron chi connectivity index (χ2n) is 6.00. The van der Waals surface area contributed by atoms with Crippen molar-refractivity contribution in [3.05, 3.63) is 34.9 Å². The van der Waals surface area contributed by atoms with Crippen molar-refractivity contribution in [2.24, 2.45) is 5.41 Å². The summed E-state index contributed by atoms with van der Waals surface area (Å²) in [5, 5.41) is 13.7. The average Bonchev–Trinajstić information content (AvgIpc) is 2.27. The first-order valence-corrected chi connectivity index (χ1v) is 6.82. The number of hydrogen-bond donors (Lipinski definition) is 2. The fraction of sp³-hybridized carbons (Fsp3) is 0.600. The normalized spacial score (nSPS) is 15.4. The number of hydrogen-bond acceptors (Lipinski definition) is 2. The van der Waals surface area contributed by atoms with Gasteiger partial charge in [0.15, 0.2) is 0 Å². The van der Waals surface area contributed by atoms with Crippen LogP contribution >= 0.6 is 11.6 Å². The van der Waals surface area contributed by atoms with Crippen molar-refractivity contribution in [3.63, 3.8) is 0 Å². The molecular weight excluding hydrogens is 246 g/mol. The predicted octanol–water partition coefficient (Wildman–Crippen LogP) is 3.27. The van der Waals surface area contributed by atoms with Gasteiger partial charge in [-0.15, -0.1) is 0 Å². The summed E-state index contributed by atoms with van der Waals surface area (Å²) in [5.74, 6) is 0. The van der Waals surface area contributed by atoms with Gasteiger partial charge in [-0.3, -0.25) is 0 Å². The van der Waals surface area contributed by atoms with Gasteiger partial charge in [0, 0.05) is 17.1 Å². The van der Waals surface area contributed by atoms with Gasteiger partial charge in [0.05, 0.1) is 6.61 Å². The second kappa shape index (κ2) is 6.55. The molecule has 18 heavy (non-hydrogen) atoms. The van der Waals surface area contributed by atoms with Crippen molar-refractivity contribution in [3.8, 4) is 0 Å². The van der Waals surface area contributed by atoms with Gasteiger partial charge in [0.2, 0.25) is 0 Å². The molecule has 0 aliphatic carbocycles. The van der Waals surface area contributed by atoms with E-state index in [0.717, 1.165) is 11.4 Å². The summed E-state index contributed by atoms with van der Waals surface area (Å²) < 4.78 is 0. The molecule has 1 aromatic carbocycles. The molecule has 3 heteroatoms. The van der Waals surface area contributed by atoms with E-state index >= 15 is 0 Å². The van der Waals surface area contributed by atoms with E-state index in [1.54, 1.807) is 0 Å². The lowest BCUT2D eigenvalue weighted by molar-refractivity contribution is 0.149. The summed E-state index contributed by atoms with van der Waals surface area (Å²) in [6, 6.07) is 8.35. The Morgan fingerprint density at radius 2 is 1.78 bits per heavy atom. The van der Waals surface area contributed by atoms with Crippen LogP contribution in [0.4, 0.5) is 0 Å². The van der Waals surface area contributed by atoms with Crippen LogP contribution in [0.15, 0.2) is 24.3 Å². The predicted molar refractivity (Wildman–Crippen MR) is 78.1 cm³/mol. The van der Waals surface area contributed by atoms with Crippen LogP contribution < -0.4 is 5.32 Å². The lowest BCUT2D eigenvalue weighted by Crippen LogP contribution is -2.47. The lowest BCUT2D eigenvalue weighted by atomic mass is 9.86. The highest BCUT2D eigenvalue weighted by molar-refractivity contribution is 6.30. The minimum atomic E-state index is 0.0585. The second-order valence-corrected chi connectivity index (χ2v) is 6.44. The number of halogens is 1. The fourth-order valence-electron chi connectivity index (χ4n) is 1.95. The number of benzene rings is 1. The third-order valence-electron chi connectivity index (χ3n) is 3.17. The van der Waals surface area contributed by atoms with Crippen molar-refractivity contribution in [2.75, 3.05) is 6.61 Å².